The summed E-state index contributed by atoms with van der Waals surface area (Å²) in [7, 11) is 0. The number of unbranched alkanes of at least 4 members (excludes halogenated alkanes) is 2. The van der Waals surface area contributed by atoms with Gasteiger partial charge in [-0.25, -0.2) is 4.98 Å². The van der Waals surface area contributed by atoms with Crippen LogP contribution in [0.3, 0.4) is 0 Å². The third-order valence-corrected chi connectivity index (χ3v) is 3.76. The van der Waals surface area contributed by atoms with Crippen molar-refractivity contribution in [3.63, 3.8) is 0 Å². The molecule has 0 radical (unpaired) electrons. The Morgan fingerprint density at radius 2 is 2.00 bits per heavy atom. The van der Waals surface area contributed by atoms with Crippen LogP contribution in [0.15, 0.2) is 24.3 Å². The van der Waals surface area contributed by atoms with Crippen molar-refractivity contribution < 1.29 is 0 Å². The number of halogens is 1. The molecule has 0 bridgehead atoms. The second-order valence-electron chi connectivity index (χ2n) is 4.45. The van der Waals surface area contributed by atoms with Gasteiger partial charge in [-0.3, -0.25) is 0 Å². The third-order valence-electron chi connectivity index (χ3n) is 2.80. The van der Waals surface area contributed by atoms with E-state index in [1.807, 2.05) is 24.3 Å². The van der Waals surface area contributed by atoms with Crippen molar-refractivity contribution in [1.29, 1.82) is 0 Å². The van der Waals surface area contributed by atoms with Crippen LogP contribution in [0.1, 0.15) is 37.6 Å². The Bertz CT molecular complexity index is 496. The summed E-state index contributed by atoms with van der Waals surface area (Å²) >= 11 is 7.29. The molecule has 2 aromatic rings. The lowest BCUT2D eigenvalue weighted by Gasteiger charge is -2.00. The monoisotopic (exact) mass is 295 g/mol. The van der Waals surface area contributed by atoms with Gasteiger partial charge in [0.25, 0.3) is 0 Å². The maximum Gasteiger partial charge on any atom is 0.202 e. The molecule has 0 atom stereocenters. The van der Waals surface area contributed by atoms with Crippen molar-refractivity contribution in [3.05, 3.63) is 40.7 Å². The summed E-state index contributed by atoms with van der Waals surface area (Å²) in [5, 5.41) is 4.99. The number of nitrogens with zero attached hydrogens (tertiary/aromatic N) is 2. The second-order valence-corrected chi connectivity index (χ2v) is 5.64. The summed E-state index contributed by atoms with van der Waals surface area (Å²) < 4.78 is 4.37. The van der Waals surface area contributed by atoms with Crippen LogP contribution in [0.2, 0.25) is 5.02 Å². The molecule has 3 nitrogen and oxygen atoms in total. The SMILES string of the molecule is CCCCCNc1nc(Cc2ccc(Cl)cc2)ns1. The van der Waals surface area contributed by atoms with E-state index in [0.717, 1.165) is 28.9 Å². The zero-order valence-electron chi connectivity index (χ0n) is 11.0. The van der Waals surface area contributed by atoms with Crippen molar-refractivity contribution in [2.24, 2.45) is 0 Å². The Kier molecular flexibility index (Phi) is 5.61. The lowest BCUT2D eigenvalue weighted by atomic mass is 10.1. The maximum atomic E-state index is 5.86. The minimum absolute atomic E-state index is 0.754. The summed E-state index contributed by atoms with van der Waals surface area (Å²) in [6.45, 7) is 3.18. The summed E-state index contributed by atoms with van der Waals surface area (Å²) in [6, 6.07) is 7.82. The van der Waals surface area contributed by atoms with E-state index in [1.165, 1.54) is 36.4 Å². The fourth-order valence-corrected chi connectivity index (χ4v) is 2.49. The molecule has 0 amide bonds. The van der Waals surface area contributed by atoms with Crippen molar-refractivity contribution in [2.75, 3.05) is 11.9 Å². The molecule has 1 N–H and O–H groups in total. The maximum absolute atomic E-state index is 5.86. The van der Waals surface area contributed by atoms with E-state index in [-0.39, 0.29) is 0 Å². The highest BCUT2D eigenvalue weighted by molar-refractivity contribution is 7.09. The standard InChI is InChI=1S/C14H18ClN3S/c1-2-3-4-9-16-14-17-13(18-19-14)10-11-5-7-12(15)8-6-11/h5-8H,2-4,9-10H2,1H3,(H,16,17,18). The van der Waals surface area contributed by atoms with E-state index in [4.69, 9.17) is 11.6 Å². The van der Waals surface area contributed by atoms with Gasteiger partial charge in [0, 0.05) is 29.5 Å². The summed E-state index contributed by atoms with van der Waals surface area (Å²) in [5.74, 6) is 0.866. The molecule has 1 aromatic heterocycles. The van der Waals surface area contributed by atoms with Crippen molar-refractivity contribution >= 4 is 28.3 Å². The highest BCUT2D eigenvalue weighted by Crippen LogP contribution is 2.16. The predicted molar refractivity (Wildman–Crippen MR) is 82.2 cm³/mol. The smallest absolute Gasteiger partial charge is 0.202 e. The Morgan fingerprint density at radius 3 is 2.74 bits per heavy atom. The Hall–Kier alpha value is -1.13. The van der Waals surface area contributed by atoms with Crippen LogP contribution in [0, 0.1) is 0 Å². The molecule has 0 saturated heterocycles. The van der Waals surface area contributed by atoms with Crippen molar-refractivity contribution in [2.45, 2.75) is 32.6 Å². The van der Waals surface area contributed by atoms with Gasteiger partial charge in [-0.15, -0.1) is 0 Å². The van der Waals surface area contributed by atoms with Crippen molar-refractivity contribution in [1.82, 2.24) is 9.36 Å². The largest absolute Gasteiger partial charge is 0.360 e. The topological polar surface area (TPSA) is 37.8 Å². The molecule has 0 aliphatic heterocycles. The average molecular weight is 296 g/mol. The molecule has 5 heteroatoms. The Labute approximate surface area is 123 Å². The zero-order valence-corrected chi connectivity index (χ0v) is 12.6. The van der Waals surface area contributed by atoms with Gasteiger partial charge in [0.2, 0.25) is 5.13 Å². The minimum atomic E-state index is 0.754. The molecule has 0 aliphatic rings. The normalized spacial score (nSPS) is 10.6. The van der Waals surface area contributed by atoms with Gasteiger partial charge in [0.1, 0.15) is 5.82 Å². The lowest BCUT2D eigenvalue weighted by molar-refractivity contribution is 0.743. The van der Waals surface area contributed by atoms with Crippen LogP contribution in [0.4, 0.5) is 5.13 Å². The fraction of sp³-hybridized carbons (Fsp3) is 0.429. The second kappa shape index (κ2) is 7.46. The van der Waals surface area contributed by atoms with Gasteiger partial charge in [0.05, 0.1) is 0 Å². The van der Waals surface area contributed by atoms with E-state index < -0.39 is 0 Å². The highest BCUT2D eigenvalue weighted by Gasteiger charge is 2.04. The fourth-order valence-electron chi connectivity index (χ4n) is 1.75. The van der Waals surface area contributed by atoms with E-state index in [0.29, 0.717) is 0 Å². The van der Waals surface area contributed by atoms with Gasteiger partial charge in [-0.05, 0) is 24.1 Å². The van der Waals surface area contributed by atoms with Gasteiger partial charge in [0.15, 0.2) is 0 Å². The first-order valence-corrected chi connectivity index (χ1v) is 7.74. The first-order valence-electron chi connectivity index (χ1n) is 6.59. The van der Waals surface area contributed by atoms with Crippen LogP contribution in [0.5, 0.6) is 0 Å². The molecule has 0 aliphatic carbocycles. The number of hydrogen-bond donors (Lipinski definition) is 1. The summed E-state index contributed by atoms with van der Waals surface area (Å²) in [6.07, 6.45) is 4.43. The third kappa shape index (κ3) is 4.80. The average Bonchev–Trinajstić information content (AvgIpc) is 2.85. The van der Waals surface area contributed by atoms with E-state index in [1.54, 1.807) is 0 Å². The number of nitrogens with one attached hydrogen (secondary N) is 1. The highest BCUT2D eigenvalue weighted by atomic mass is 35.5. The van der Waals surface area contributed by atoms with Crippen molar-refractivity contribution in [3.8, 4) is 0 Å². The van der Waals surface area contributed by atoms with Crippen LogP contribution < -0.4 is 5.32 Å². The van der Waals surface area contributed by atoms with Gasteiger partial charge in [-0.1, -0.05) is 43.5 Å². The van der Waals surface area contributed by atoms with Crippen LogP contribution >= 0.6 is 23.1 Å². The van der Waals surface area contributed by atoms with E-state index >= 15 is 0 Å². The first kappa shape index (κ1) is 14.3. The number of aromatic nitrogens is 2. The quantitative estimate of drug-likeness (QED) is 0.770. The zero-order chi connectivity index (χ0) is 13.5. The molecule has 2 rings (SSSR count). The molecule has 102 valence electrons. The molecule has 19 heavy (non-hydrogen) atoms. The van der Waals surface area contributed by atoms with Crippen LogP contribution in [-0.2, 0) is 6.42 Å². The molecule has 0 unspecified atom stereocenters. The van der Waals surface area contributed by atoms with E-state index in [9.17, 15) is 0 Å². The molecular formula is C14H18ClN3S. The first-order chi connectivity index (χ1) is 9.28. The Morgan fingerprint density at radius 1 is 1.21 bits per heavy atom. The molecule has 0 fully saturated rings. The molecular weight excluding hydrogens is 278 g/mol. The molecule has 0 spiro atoms. The van der Waals surface area contributed by atoms with E-state index in [2.05, 4.69) is 21.6 Å². The predicted octanol–water partition coefficient (Wildman–Crippen LogP) is 4.38. The number of benzene rings is 1. The summed E-state index contributed by atoms with van der Waals surface area (Å²) in [5.41, 5.74) is 1.18. The molecule has 0 saturated carbocycles. The lowest BCUT2D eigenvalue weighted by Crippen LogP contribution is -2.01. The molecule has 1 aromatic carbocycles. The Balaban J connectivity index is 1.85. The number of rotatable bonds is 7. The van der Waals surface area contributed by atoms with Gasteiger partial charge in [-0.2, -0.15) is 4.37 Å². The summed E-state index contributed by atoms with van der Waals surface area (Å²) in [4.78, 5) is 4.49. The number of anilines is 1. The van der Waals surface area contributed by atoms with Gasteiger partial charge < -0.3 is 5.32 Å². The molecule has 1 heterocycles. The van der Waals surface area contributed by atoms with Crippen LogP contribution in [0.25, 0.3) is 0 Å². The van der Waals surface area contributed by atoms with Crippen LogP contribution in [-0.4, -0.2) is 15.9 Å². The van der Waals surface area contributed by atoms with Gasteiger partial charge >= 0.3 is 0 Å². The number of hydrogen-bond acceptors (Lipinski definition) is 4. The minimum Gasteiger partial charge on any atom is -0.360 e.